The van der Waals surface area contributed by atoms with Crippen LogP contribution in [0.5, 0.6) is 0 Å². The summed E-state index contributed by atoms with van der Waals surface area (Å²) in [6.07, 6.45) is 0. The maximum Gasteiger partial charge on any atom is 0.250 e. The average molecular weight is 276 g/mol. The summed E-state index contributed by atoms with van der Waals surface area (Å²) in [5.41, 5.74) is 1.99. The minimum absolute atomic E-state index is 0.0964. The summed E-state index contributed by atoms with van der Waals surface area (Å²) in [6, 6.07) is 7.97. The van der Waals surface area contributed by atoms with Crippen molar-refractivity contribution < 1.29 is 9.53 Å². The SMILES string of the molecule is CC1(OCC(=O)Nc2ccc(C(C)(C)C)cc2)CNC1. The van der Waals surface area contributed by atoms with E-state index in [1.165, 1.54) is 5.56 Å². The highest BCUT2D eigenvalue weighted by Gasteiger charge is 2.32. The molecule has 0 spiro atoms. The fourth-order valence-corrected chi connectivity index (χ4v) is 2.07. The molecule has 1 aliphatic rings. The minimum atomic E-state index is -0.187. The summed E-state index contributed by atoms with van der Waals surface area (Å²) in [5.74, 6) is -0.110. The molecule has 0 aliphatic carbocycles. The Morgan fingerprint density at radius 3 is 2.35 bits per heavy atom. The van der Waals surface area contributed by atoms with E-state index < -0.39 is 0 Å². The zero-order valence-corrected chi connectivity index (χ0v) is 12.7. The first-order valence-corrected chi connectivity index (χ1v) is 7.04. The standard InChI is InChI=1S/C16H24N2O2/c1-15(2,3)12-5-7-13(8-6-12)18-14(19)9-20-16(4)10-17-11-16/h5-8,17H,9-11H2,1-4H3,(H,18,19). The van der Waals surface area contributed by atoms with Crippen molar-refractivity contribution in [2.75, 3.05) is 25.0 Å². The van der Waals surface area contributed by atoms with Gasteiger partial charge in [0.2, 0.25) is 5.91 Å². The number of hydrogen-bond donors (Lipinski definition) is 2. The molecule has 110 valence electrons. The van der Waals surface area contributed by atoms with Gasteiger partial charge in [0.1, 0.15) is 6.61 Å². The summed E-state index contributed by atoms with van der Waals surface area (Å²) in [6.45, 7) is 10.2. The Morgan fingerprint density at radius 1 is 1.30 bits per heavy atom. The zero-order valence-electron chi connectivity index (χ0n) is 12.7. The molecule has 0 atom stereocenters. The van der Waals surface area contributed by atoms with E-state index in [-0.39, 0.29) is 23.5 Å². The quantitative estimate of drug-likeness (QED) is 0.887. The Labute approximate surface area is 120 Å². The molecule has 2 N–H and O–H groups in total. The van der Waals surface area contributed by atoms with Gasteiger partial charge in [-0.1, -0.05) is 32.9 Å². The molecular weight excluding hydrogens is 252 g/mol. The molecule has 1 aromatic rings. The zero-order chi connectivity index (χ0) is 14.8. The second-order valence-electron chi connectivity index (χ2n) is 6.72. The Morgan fingerprint density at radius 2 is 1.90 bits per heavy atom. The molecule has 0 radical (unpaired) electrons. The van der Waals surface area contributed by atoms with E-state index in [4.69, 9.17) is 4.74 Å². The molecule has 1 amide bonds. The van der Waals surface area contributed by atoms with E-state index in [0.29, 0.717) is 0 Å². The first kappa shape index (κ1) is 15.0. The number of carbonyl (C=O) groups is 1. The first-order chi connectivity index (χ1) is 9.28. The second kappa shape index (κ2) is 5.54. The molecule has 2 rings (SSSR count). The summed E-state index contributed by atoms with van der Waals surface area (Å²) in [5, 5.41) is 6.00. The Bertz CT molecular complexity index is 470. The monoisotopic (exact) mass is 276 g/mol. The maximum atomic E-state index is 11.8. The van der Waals surface area contributed by atoms with Crippen molar-refractivity contribution in [3.8, 4) is 0 Å². The Hall–Kier alpha value is -1.39. The van der Waals surface area contributed by atoms with Crippen LogP contribution in [0.3, 0.4) is 0 Å². The van der Waals surface area contributed by atoms with Crippen LogP contribution in [0.2, 0.25) is 0 Å². The highest BCUT2D eigenvalue weighted by Crippen LogP contribution is 2.23. The number of carbonyl (C=O) groups excluding carboxylic acids is 1. The van der Waals surface area contributed by atoms with E-state index >= 15 is 0 Å². The summed E-state index contributed by atoms with van der Waals surface area (Å²) in [7, 11) is 0. The van der Waals surface area contributed by atoms with Crippen LogP contribution in [0.1, 0.15) is 33.3 Å². The van der Waals surface area contributed by atoms with Gasteiger partial charge < -0.3 is 15.4 Å². The molecule has 0 unspecified atom stereocenters. The molecular formula is C16H24N2O2. The molecule has 20 heavy (non-hydrogen) atoms. The van der Waals surface area contributed by atoms with E-state index in [1.807, 2.05) is 31.2 Å². The largest absolute Gasteiger partial charge is 0.363 e. The fraction of sp³-hybridized carbons (Fsp3) is 0.562. The lowest BCUT2D eigenvalue weighted by Crippen LogP contribution is -2.59. The molecule has 1 fully saturated rings. The molecule has 1 heterocycles. The summed E-state index contributed by atoms with van der Waals surface area (Å²) < 4.78 is 5.60. The van der Waals surface area contributed by atoms with Gasteiger partial charge in [-0.25, -0.2) is 0 Å². The normalized spacial score (nSPS) is 17.4. The summed E-state index contributed by atoms with van der Waals surface area (Å²) in [4.78, 5) is 11.8. The molecule has 0 bridgehead atoms. The lowest BCUT2D eigenvalue weighted by Gasteiger charge is -2.38. The van der Waals surface area contributed by atoms with E-state index in [9.17, 15) is 4.79 Å². The number of ether oxygens (including phenoxy) is 1. The number of rotatable bonds is 4. The first-order valence-electron chi connectivity index (χ1n) is 7.04. The van der Waals surface area contributed by atoms with E-state index in [1.54, 1.807) is 0 Å². The number of amides is 1. The molecule has 4 heteroatoms. The smallest absolute Gasteiger partial charge is 0.250 e. The third-order valence-electron chi connectivity index (χ3n) is 3.58. The van der Waals surface area contributed by atoms with Crippen molar-refractivity contribution >= 4 is 11.6 Å². The van der Waals surface area contributed by atoms with Crippen molar-refractivity contribution in [3.05, 3.63) is 29.8 Å². The molecule has 1 saturated heterocycles. The van der Waals surface area contributed by atoms with Crippen LogP contribution in [-0.4, -0.2) is 31.2 Å². The highest BCUT2D eigenvalue weighted by atomic mass is 16.5. The van der Waals surface area contributed by atoms with Crippen molar-refractivity contribution in [1.29, 1.82) is 0 Å². The van der Waals surface area contributed by atoms with Gasteiger partial charge in [-0.15, -0.1) is 0 Å². The van der Waals surface area contributed by atoms with Crippen LogP contribution in [0, 0.1) is 0 Å². The maximum absolute atomic E-state index is 11.8. The topological polar surface area (TPSA) is 50.4 Å². The van der Waals surface area contributed by atoms with Crippen LogP contribution in [-0.2, 0) is 14.9 Å². The molecule has 1 aliphatic heterocycles. The van der Waals surface area contributed by atoms with Gasteiger partial charge >= 0.3 is 0 Å². The number of benzene rings is 1. The molecule has 1 aromatic carbocycles. The lowest BCUT2D eigenvalue weighted by atomic mass is 9.87. The predicted octanol–water partition coefficient (Wildman–Crippen LogP) is 2.30. The van der Waals surface area contributed by atoms with Crippen molar-refractivity contribution in [2.45, 2.75) is 38.7 Å². The third-order valence-corrected chi connectivity index (χ3v) is 3.58. The van der Waals surface area contributed by atoms with Crippen molar-refractivity contribution in [2.24, 2.45) is 0 Å². The van der Waals surface area contributed by atoms with Crippen molar-refractivity contribution in [1.82, 2.24) is 5.32 Å². The van der Waals surface area contributed by atoms with Gasteiger partial charge in [-0.05, 0) is 30.0 Å². The van der Waals surface area contributed by atoms with Gasteiger partial charge in [0, 0.05) is 18.8 Å². The van der Waals surface area contributed by atoms with Gasteiger partial charge in [0.15, 0.2) is 0 Å². The number of anilines is 1. The number of nitrogens with one attached hydrogen (secondary N) is 2. The Kier molecular flexibility index (Phi) is 4.16. The van der Waals surface area contributed by atoms with Gasteiger partial charge in [-0.2, -0.15) is 0 Å². The fourth-order valence-electron chi connectivity index (χ4n) is 2.07. The average Bonchev–Trinajstić information content (AvgIpc) is 2.33. The number of hydrogen-bond acceptors (Lipinski definition) is 3. The summed E-state index contributed by atoms with van der Waals surface area (Å²) >= 11 is 0. The van der Waals surface area contributed by atoms with Crippen LogP contribution in [0.25, 0.3) is 0 Å². The minimum Gasteiger partial charge on any atom is -0.363 e. The van der Waals surface area contributed by atoms with Crippen LogP contribution in [0.15, 0.2) is 24.3 Å². The van der Waals surface area contributed by atoms with E-state index in [2.05, 4.69) is 31.4 Å². The van der Waals surface area contributed by atoms with Crippen LogP contribution in [0.4, 0.5) is 5.69 Å². The van der Waals surface area contributed by atoms with Crippen LogP contribution < -0.4 is 10.6 Å². The van der Waals surface area contributed by atoms with Gasteiger partial charge in [0.25, 0.3) is 0 Å². The predicted molar refractivity (Wildman–Crippen MR) is 81.0 cm³/mol. The lowest BCUT2D eigenvalue weighted by molar-refractivity contribution is -0.130. The molecule has 0 aromatic heterocycles. The Balaban J connectivity index is 1.85. The molecule has 4 nitrogen and oxygen atoms in total. The molecule has 0 saturated carbocycles. The van der Waals surface area contributed by atoms with E-state index in [0.717, 1.165) is 18.8 Å². The second-order valence-corrected chi connectivity index (χ2v) is 6.72. The third kappa shape index (κ3) is 3.81. The van der Waals surface area contributed by atoms with Gasteiger partial charge in [0.05, 0.1) is 5.60 Å². The van der Waals surface area contributed by atoms with Crippen LogP contribution >= 0.6 is 0 Å². The van der Waals surface area contributed by atoms with Gasteiger partial charge in [-0.3, -0.25) is 4.79 Å². The van der Waals surface area contributed by atoms with Crippen molar-refractivity contribution in [3.63, 3.8) is 0 Å². The highest BCUT2D eigenvalue weighted by molar-refractivity contribution is 5.91.